The van der Waals surface area contributed by atoms with Crippen LogP contribution in [0.25, 0.3) is 61.0 Å². The van der Waals surface area contributed by atoms with Crippen LogP contribution in [0.4, 0.5) is 0 Å². The number of nitrogens with zero attached hydrogens (tertiary/aromatic N) is 4. The maximum atomic E-state index is 5.34. The third-order valence-corrected chi connectivity index (χ3v) is 10.8. The molecule has 6 aromatic carbocycles. The van der Waals surface area contributed by atoms with Gasteiger partial charge < -0.3 is 0 Å². The number of hydrogen-bond donors (Lipinski definition) is 0. The second kappa shape index (κ2) is 15.1. The highest BCUT2D eigenvalue weighted by atomic mass is 15.0. The third-order valence-electron chi connectivity index (χ3n) is 10.8. The van der Waals surface area contributed by atoms with Crippen LogP contribution in [0, 0.1) is 0 Å². The zero-order chi connectivity index (χ0) is 38.0. The molecule has 270 valence electrons. The van der Waals surface area contributed by atoms with Crippen molar-refractivity contribution in [3.05, 3.63) is 222 Å². The molecule has 1 unspecified atom stereocenters. The van der Waals surface area contributed by atoms with Gasteiger partial charge in [0.05, 0.1) is 34.2 Å². The Balaban J connectivity index is 1.08. The number of amidine groups is 1. The van der Waals surface area contributed by atoms with Gasteiger partial charge in [-0.05, 0) is 58.0 Å². The Morgan fingerprint density at radius 3 is 1.98 bits per heavy atom. The number of aromatic nitrogens is 2. The second-order valence-electron chi connectivity index (χ2n) is 14.5. The summed E-state index contributed by atoms with van der Waals surface area (Å²) in [6.45, 7) is 0. The van der Waals surface area contributed by atoms with Gasteiger partial charge >= 0.3 is 0 Å². The van der Waals surface area contributed by atoms with Crippen LogP contribution in [0.1, 0.15) is 41.1 Å². The Hall–Kier alpha value is -7.30. The van der Waals surface area contributed by atoms with Gasteiger partial charge in [-0.3, -0.25) is 4.99 Å². The van der Waals surface area contributed by atoms with E-state index in [1.54, 1.807) is 0 Å². The molecule has 0 spiro atoms. The van der Waals surface area contributed by atoms with E-state index >= 15 is 0 Å². The van der Waals surface area contributed by atoms with Crippen LogP contribution < -0.4 is 0 Å². The van der Waals surface area contributed by atoms with Gasteiger partial charge in [-0.1, -0.05) is 182 Å². The molecule has 4 heteroatoms. The lowest BCUT2D eigenvalue weighted by atomic mass is 9.94. The van der Waals surface area contributed by atoms with E-state index in [-0.39, 0.29) is 6.04 Å². The highest BCUT2D eigenvalue weighted by Gasteiger charge is 2.22. The van der Waals surface area contributed by atoms with Gasteiger partial charge in [0, 0.05) is 33.9 Å². The highest BCUT2D eigenvalue weighted by molar-refractivity contribution is 6.14. The molecule has 0 bridgehead atoms. The molecule has 0 saturated heterocycles. The minimum Gasteiger partial charge on any atom is -0.258 e. The second-order valence-corrected chi connectivity index (χ2v) is 14.5. The predicted octanol–water partition coefficient (Wildman–Crippen LogP) is 13.1. The predicted molar refractivity (Wildman–Crippen MR) is 238 cm³/mol. The Kier molecular flexibility index (Phi) is 9.05. The average Bonchev–Trinajstić information content (AvgIpc) is 3.59. The molecule has 2 aromatic heterocycles. The standard InChI is InChI=1S/C53H38N4/c1-2-7-16-36(15-6-1)43-23-14-24-44(33-43)47-32-30-41-29-31-45-46(34-48(38-17-8-3-9-18-38)55-52(45)51(41)54-47)37-25-27-42(28-26-37)53-56-49(39-19-10-4-11-20-39)35-50(57-53)40-21-12-5-13-22-40/h1-6,8-34,49H,7,35H2. The van der Waals surface area contributed by atoms with Gasteiger partial charge in [-0.25, -0.2) is 15.0 Å². The molecule has 0 N–H and O–H groups in total. The Bertz CT molecular complexity index is 2920. The molecular formula is C53H38N4. The number of pyridine rings is 2. The van der Waals surface area contributed by atoms with Crippen molar-refractivity contribution in [2.24, 2.45) is 9.98 Å². The van der Waals surface area contributed by atoms with Crippen LogP contribution in [-0.4, -0.2) is 21.5 Å². The molecule has 10 rings (SSSR count). The topological polar surface area (TPSA) is 50.5 Å². The normalized spacial score (nSPS) is 15.2. The zero-order valence-corrected chi connectivity index (χ0v) is 31.3. The fraction of sp³-hybridized carbons (Fsp3) is 0.0566. The van der Waals surface area contributed by atoms with Gasteiger partial charge in [0.2, 0.25) is 0 Å². The first-order valence-corrected chi connectivity index (χ1v) is 19.5. The van der Waals surface area contributed by atoms with E-state index in [4.69, 9.17) is 20.0 Å². The molecule has 0 fully saturated rings. The van der Waals surface area contributed by atoms with Crippen LogP contribution >= 0.6 is 0 Å². The molecule has 57 heavy (non-hydrogen) atoms. The zero-order valence-electron chi connectivity index (χ0n) is 31.3. The van der Waals surface area contributed by atoms with Crippen molar-refractivity contribution in [3.63, 3.8) is 0 Å². The summed E-state index contributed by atoms with van der Waals surface area (Å²) < 4.78 is 0. The summed E-state index contributed by atoms with van der Waals surface area (Å²) in [6, 6.07) is 59.6. The van der Waals surface area contributed by atoms with Crippen molar-refractivity contribution in [3.8, 4) is 33.6 Å². The molecule has 0 radical (unpaired) electrons. The Morgan fingerprint density at radius 2 is 1.18 bits per heavy atom. The number of allylic oxidation sites excluding steroid dienone is 6. The molecule has 1 atom stereocenters. The number of rotatable bonds is 7. The van der Waals surface area contributed by atoms with E-state index in [2.05, 4.69) is 188 Å². The first-order valence-electron chi connectivity index (χ1n) is 19.5. The van der Waals surface area contributed by atoms with Gasteiger partial charge in [-0.15, -0.1) is 0 Å². The van der Waals surface area contributed by atoms with Gasteiger partial charge in [-0.2, -0.15) is 0 Å². The van der Waals surface area contributed by atoms with Crippen molar-refractivity contribution in [2.75, 3.05) is 0 Å². The number of fused-ring (bicyclic) bond motifs is 3. The van der Waals surface area contributed by atoms with E-state index in [1.807, 2.05) is 12.1 Å². The fourth-order valence-electron chi connectivity index (χ4n) is 7.88. The lowest BCUT2D eigenvalue weighted by Gasteiger charge is -2.21. The molecule has 4 nitrogen and oxygen atoms in total. The SMILES string of the molecule is C1=CCC=C(c2cccc(-c3ccc4ccc5c(-c6ccc(C7=NC(c8ccccc8)CC(c8ccccc8)=N7)cc6)cc(-c6ccccc6)nc5c4n3)c2)C=C1. The minimum atomic E-state index is -0.0117. The minimum absolute atomic E-state index is 0.0117. The van der Waals surface area contributed by atoms with Crippen molar-refractivity contribution in [1.29, 1.82) is 0 Å². The smallest absolute Gasteiger partial charge is 0.155 e. The quantitative estimate of drug-likeness (QED) is 0.153. The molecule has 0 saturated carbocycles. The van der Waals surface area contributed by atoms with Crippen LogP contribution in [0.5, 0.6) is 0 Å². The number of hydrogen-bond acceptors (Lipinski definition) is 4. The number of benzene rings is 6. The first-order chi connectivity index (χ1) is 28.2. The van der Waals surface area contributed by atoms with E-state index in [1.165, 1.54) is 16.7 Å². The maximum absolute atomic E-state index is 5.34. The summed E-state index contributed by atoms with van der Waals surface area (Å²) in [5.41, 5.74) is 14.7. The van der Waals surface area contributed by atoms with Crippen LogP contribution in [0.3, 0.4) is 0 Å². The molecular weight excluding hydrogens is 693 g/mol. The summed E-state index contributed by atoms with van der Waals surface area (Å²) in [5.74, 6) is 0.750. The average molecular weight is 731 g/mol. The van der Waals surface area contributed by atoms with Gasteiger partial charge in [0.25, 0.3) is 0 Å². The van der Waals surface area contributed by atoms with Crippen LogP contribution in [-0.2, 0) is 0 Å². The van der Waals surface area contributed by atoms with Gasteiger partial charge in [0.15, 0.2) is 5.84 Å². The number of aliphatic imine (C=N–C) groups is 2. The van der Waals surface area contributed by atoms with E-state index in [9.17, 15) is 0 Å². The fourth-order valence-corrected chi connectivity index (χ4v) is 7.88. The molecule has 2 aliphatic rings. The summed E-state index contributed by atoms with van der Waals surface area (Å²) in [4.78, 5) is 21.0. The molecule has 8 aromatic rings. The summed E-state index contributed by atoms with van der Waals surface area (Å²) >= 11 is 0. The third kappa shape index (κ3) is 6.94. The monoisotopic (exact) mass is 730 g/mol. The van der Waals surface area contributed by atoms with Crippen LogP contribution in [0.15, 0.2) is 210 Å². The Morgan fingerprint density at radius 1 is 0.491 bits per heavy atom. The van der Waals surface area contributed by atoms with E-state index in [0.717, 1.165) is 91.0 Å². The van der Waals surface area contributed by atoms with Crippen molar-refractivity contribution in [1.82, 2.24) is 9.97 Å². The Labute approximate surface area is 332 Å². The summed E-state index contributed by atoms with van der Waals surface area (Å²) in [7, 11) is 0. The van der Waals surface area contributed by atoms with Gasteiger partial charge in [0.1, 0.15) is 0 Å². The summed E-state index contributed by atoms with van der Waals surface area (Å²) in [5, 5.41) is 2.11. The summed E-state index contributed by atoms with van der Waals surface area (Å²) in [6.07, 6.45) is 12.5. The molecule has 1 aliphatic heterocycles. The van der Waals surface area contributed by atoms with Crippen LogP contribution in [0.2, 0.25) is 0 Å². The van der Waals surface area contributed by atoms with E-state index < -0.39 is 0 Å². The highest BCUT2D eigenvalue weighted by Crippen LogP contribution is 2.37. The maximum Gasteiger partial charge on any atom is 0.155 e. The van der Waals surface area contributed by atoms with Crippen molar-refractivity contribution >= 4 is 38.9 Å². The largest absolute Gasteiger partial charge is 0.258 e. The lowest BCUT2D eigenvalue weighted by molar-refractivity contribution is 0.753. The first kappa shape index (κ1) is 34.2. The molecule has 1 aliphatic carbocycles. The molecule has 0 amide bonds. The lowest BCUT2D eigenvalue weighted by Crippen LogP contribution is -2.17. The molecule has 3 heterocycles. The van der Waals surface area contributed by atoms with Crippen molar-refractivity contribution in [2.45, 2.75) is 18.9 Å². The van der Waals surface area contributed by atoms with E-state index in [0.29, 0.717) is 0 Å². The van der Waals surface area contributed by atoms with Crippen molar-refractivity contribution < 1.29 is 0 Å².